The Morgan fingerprint density at radius 3 is 2.57 bits per heavy atom. The Morgan fingerprint density at radius 2 is 1.90 bits per heavy atom. The Kier molecular flexibility index (Phi) is 5.08. The van der Waals surface area contributed by atoms with Crippen LogP contribution in [0.15, 0.2) is 51.4 Å². The summed E-state index contributed by atoms with van der Waals surface area (Å²) in [4.78, 5) is 22.3. The third-order valence-electron chi connectivity index (χ3n) is 2.70. The predicted octanol–water partition coefficient (Wildman–Crippen LogP) is 4.05. The molecule has 7 heteroatoms. The van der Waals surface area contributed by atoms with E-state index in [4.69, 9.17) is 0 Å². The summed E-state index contributed by atoms with van der Waals surface area (Å²) in [6.07, 6.45) is 0. The van der Waals surface area contributed by atoms with E-state index in [1.54, 1.807) is 6.07 Å². The topological polar surface area (TPSA) is 72.2 Å². The van der Waals surface area contributed by atoms with Gasteiger partial charge in [0.1, 0.15) is 0 Å². The molecule has 0 bridgehead atoms. The van der Waals surface area contributed by atoms with Crippen molar-refractivity contribution in [3.63, 3.8) is 0 Å². The maximum atomic E-state index is 12.1. The molecule has 1 N–H and O–H groups in total. The summed E-state index contributed by atoms with van der Waals surface area (Å²) < 4.78 is 1.41. The van der Waals surface area contributed by atoms with E-state index >= 15 is 0 Å². The number of carbonyl (C=O) groups excluding carboxylic acids is 1. The number of nitrogens with zero attached hydrogens (tertiary/aromatic N) is 1. The minimum atomic E-state index is -0.532. The summed E-state index contributed by atoms with van der Waals surface area (Å²) in [7, 11) is 0. The molecule has 0 saturated heterocycles. The summed E-state index contributed by atoms with van der Waals surface area (Å²) >= 11 is 6.52. The molecular formula is C14H10Br2N2O3. The first kappa shape index (κ1) is 15.7. The smallest absolute Gasteiger partial charge is 0.271 e. The van der Waals surface area contributed by atoms with E-state index in [0.717, 1.165) is 10.0 Å². The average molecular weight is 414 g/mol. The van der Waals surface area contributed by atoms with Crippen molar-refractivity contribution in [1.29, 1.82) is 0 Å². The number of amides is 1. The van der Waals surface area contributed by atoms with Crippen LogP contribution in [0.2, 0.25) is 0 Å². The van der Waals surface area contributed by atoms with Crippen LogP contribution in [0.5, 0.6) is 0 Å². The zero-order valence-corrected chi connectivity index (χ0v) is 13.8. The van der Waals surface area contributed by atoms with Gasteiger partial charge in [-0.1, -0.05) is 44.0 Å². The number of nitro groups is 1. The predicted molar refractivity (Wildman–Crippen MR) is 86.1 cm³/mol. The van der Waals surface area contributed by atoms with Gasteiger partial charge in [-0.2, -0.15) is 0 Å². The van der Waals surface area contributed by atoms with Gasteiger partial charge in [0.2, 0.25) is 0 Å². The molecule has 2 rings (SSSR count). The van der Waals surface area contributed by atoms with Crippen molar-refractivity contribution < 1.29 is 9.72 Å². The van der Waals surface area contributed by atoms with Crippen LogP contribution in [0.1, 0.15) is 15.9 Å². The highest BCUT2D eigenvalue weighted by atomic mass is 79.9. The number of non-ortho nitro benzene ring substituents is 1. The van der Waals surface area contributed by atoms with E-state index < -0.39 is 4.92 Å². The molecule has 0 saturated carbocycles. The molecular weight excluding hydrogens is 404 g/mol. The normalized spacial score (nSPS) is 10.2. The van der Waals surface area contributed by atoms with Gasteiger partial charge in [0.05, 0.1) is 4.92 Å². The van der Waals surface area contributed by atoms with Crippen molar-refractivity contribution in [2.75, 3.05) is 0 Å². The van der Waals surface area contributed by atoms with Gasteiger partial charge < -0.3 is 5.32 Å². The van der Waals surface area contributed by atoms with Gasteiger partial charge in [-0.3, -0.25) is 14.9 Å². The number of hydrogen-bond donors (Lipinski definition) is 1. The molecule has 0 atom stereocenters. The highest BCUT2D eigenvalue weighted by Crippen LogP contribution is 2.21. The van der Waals surface area contributed by atoms with E-state index in [0.29, 0.717) is 11.0 Å². The molecule has 0 aromatic heterocycles. The highest BCUT2D eigenvalue weighted by Gasteiger charge is 2.13. The van der Waals surface area contributed by atoms with Gasteiger partial charge in [-0.15, -0.1) is 0 Å². The van der Waals surface area contributed by atoms with Gasteiger partial charge in [-0.25, -0.2) is 0 Å². The summed E-state index contributed by atoms with van der Waals surface area (Å²) in [5.41, 5.74) is 1.05. The van der Waals surface area contributed by atoms with Crippen molar-refractivity contribution in [2.45, 2.75) is 6.54 Å². The third kappa shape index (κ3) is 4.37. The SMILES string of the molecule is O=C(NCc1cccc(Br)c1)c1cc(Br)cc([N+](=O)[O-])c1. The zero-order valence-electron chi connectivity index (χ0n) is 10.7. The lowest BCUT2D eigenvalue weighted by molar-refractivity contribution is -0.385. The molecule has 2 aromatic carbocycles. The molecule has 5 nitrogen and oxygen atoms in total. The average Bonchev–Trinajstić information content (AvgIpc) is 2.44. The Labute approximate surface area is 137 Å². The van der Waals surface area contributed by atoms with E-state index in [-0.39, 0.29) is 17.2 Å². The molecule has 0 heterocycles. The molecule has 0 spiro atoms. The number of carbonyl (C=O) groups is 1. The number of nitro benzene ring substituents is 1. The Hall–Kier alpha value is -1.73. The second kappa shape index (κ2) is 6.82. The molecule has 0 aliphatic rings. The number of benzene rings is 2. The first-order valence-electron chi connectivity index (χ1n) is 5.93. The summed E-state index contributed by atoms with van der Waals surface area (Å²) in [5.74, 6) is -0.362. The number of halogens is 2. The van der Waals surface area contributed by atoms with Crippen molar-refractivity contribution >= 4 is 43.5 Å². The highest BCUT2D eigenvalue weighted by molar-refractivity contribution is 9.10. The lowest BCUT2D eigenvalue weighted by Gasteiger charge is -2.06. The van der Waals surface area contributed by atoms with E-state index in [2.05, 4.69) is 37.2 Å². The molecule has 2 aromatic rings. The minimum absolute atomic E-state index is 0.128. The summed E-state index contributed by atoms with van der Waals surface area (Å²) in [5, 5.41) is 13.5. The van der Waals surface area contributed by atoms with Crippen LogP contribution in [0.25, 0.3) is 0 Å². The zero-order chi connectivity index (χ0) is 15.4. The Morgan fingerprint density at radius 1 is 1.14 bits per heavy atom. The number of hydrogen-bond acceptors (Lipinski definition) is 3. The van der Waals surface area contributed by atoms with Gasteiger partial charge in [-0.05, 0) is 23.8 Å². The van der Waals surface area contributed by atoms with Crippen LogP contribution in [0.3, 0.4) is 0 Å². The van der Waals surface area contributed by atoms with E-state index in [9.17, 15) is 14.9 Å². The molecule has 0 aliphatic heterocycles. The van der Waals surface area contributed by atoms with Gasteiger partial charge in [0.25, 0.3) is 11.6 Å². The number of nitrogens with one attached hydrogen (secondary N) is 1. The summed E-state index contributed by atoms with van der Waals surface area (Å²) in [6, 6.07) is 11.7. The molecule has 0 aliphatic carbocycles. The molecule has 0 fully saturated rings. The minimum Gasteiger partial charge on any atom is -0.348 e. The van der Waals surface area contributed by atoms with Gasteiger partial charge in [0, 0.05) is 33.2 Å². The van der Waals surface area contributed by atoms with Crippen molar-refractivity contribution in [3.05, 3.63) is 72.7 Å². The van der Waals surface area contributed by atoms with Crippen LogP contribution in [-0.4, -0.2) is 10.8 Å². The molecule has 0 radical (unpaired) electrons. The van der Waals surface area contributed by atoms with Crippen molar-refractivity contribution in [3.8, 4) is 0 Å². The number of rotatable bonds is 4. The monoisotopic (exact) mass is 412 g/mol. The van der Waals surface area contributed by atoms with Gasteiger partial charge >= 0.3 is 0 Å². The molecule has 21 heavy (non-hydrogen) atoms. The Bertz CT molecular complexity index is 704. The van der Waals surface area contributed by atoms with Crippen LogP contribution in [0, 0.1) is 10.1 Å². The summed E-state index contributed by atoms with van der Waals surface area (Å²) in [6.45, 7) is 0.346. The third-order valence-corrected chi connectivity index (χ3v) is 3.65. The second-order valence-corrected chi connectivity index (χ2v) is 6.10. The quantitative estimate of drug-likeness (QED) is 0.607. The largest absolute Gasteiger partial charge is 0.348 e. The van der Waals surface area contributed by atoms with E-state index in [1.807, 2.05) is 24.3 Å². The van der Waals surface area contributed by atoms with Crippen LogP contribution in [0.4, 0.5) is 5.69 Å². The van der Waals surface area contributed by atoms with Gasteiger partial charge in [0.15, 0.2) is 0 Å². The van der Waals surface area contributed by atoms with Crippen LogP contribution < -0.4 is 5.32 Å². The first-order valence-corrected chi connectivity index (χ1v) is 7.52. The first-order chi connectivity index (χ1) is 9.95. The van der Waals surface area contributed by atoms with Crippen LogP contribution >= 0.6 is 31.9 Å². The maximum Gasteiger partial charge on any atom is 0.271 e. The molecule has 1 amide bonds. The fourth-order valence-electron chi connectivity index (χ4n) is 1.74. The maximum absolute atomic E-state index is 12.1. The lowest BCUT2D eigenvalue weighted by atomic mass is 10.1. The fourth-order valence-corrected chi connectivity index (χ4v) is 2.67. The van der Waals surface area contributed by atoms with Crippen molar-refractivity contribution in [2.24, 2.45) is 0 Å². The van der Waals surface area contributed by atoms with Crippen LogP contribution in [-0.2, 0) is 6.54 Å². The van der Waals surface area contributed by atoms with E-state index in [1.165, 1.54) is 12.1 Å². The standard InChI is InChI=1S/C14H10Br2N2O3/c15-11-3-1-2-9(4-11)8-17-14(19)10-5-12(16)7-13(6-10)18(20)21/h1-7H,8H2,(H,17,19). The molecule has 0 unspecified atom stereocenters. The lowest BCUT2D eigenvalue weighted by Crippen LogP contribution is -2.22. The Balaban J connectivity index is 2.12. The molecule has 108 valence electrons. The van der Waals surface area contributed by atoms with Crippen molar-refractivity contribution in [1.82, 2.24) is 5.32 Å². The second-order valence-electron chi connectivity index (χ2n) is 4.27. The fraction of sp³-hybridized carbons (Fsp3) is 0.0714.